The van der Waals surface area contributed by atoms with Gasteiger partial charge in [0.1, 0.15) is 0 Å². The van der Waals surface area contributed by atoms with E-state index in [0.29, 0.717) is 5.56 Å². The summed E-state index contributed by atoms with van der Waals surface area (Å²) in [6.45, 7) is 4.80. The van der Waals surface area contributed by atoms with E-state index in [0.717, 1.165) is 0 Å². The maximum absolute atomic E-state index is 13.9. The van der Waals surface area contributed by atoms with E-state index in [9.17, 15) is 18.3 Å². The Kier molecular flexibility index (Phi) is 4.47. The predicted octanol–water partition coefficient (Wildman–Crippen LogP) is 4.79. The van der Waals surface area contributed by atoms with E-state index >= 15 is 0 Å². The second-order valence-electron chi connectivity index (χ2n) is 4.30. The molecule has 5 heteroatoms. The first-order chi connectivity index (χ1) is 7.77. The molecule has 0 saturated heterocycles. The van der Waals surface area contributed by atoms with Gasteiger partial charge in [-0.3, -0.25) is 0 Å². The van der Waals surface area contributed by atoms with Gasteiger partial charge in [0.2, 0.25) is 6.43 Å². The van der Waals surface area contributed by atoms with Gasteiger partial charge in [-0.1, -0.05) is 36.7 Å². The molecule has 1 rings (SSSR count). The Hall–Kier alpha value is -0.710. The second-order valence-corrected chi connectivity index (χ2v) is 5.16. The van der Waals surface area contributed by atoms with Crippen LogP contribution in [0.3, 0.4) is 0 Å². The molecule has 1 aromatic carbocycles. The lowest BCUT2D eigenvalue weighted by Crippen LogP contribution is -2.09. The third-order valence-electron chi connectivity index (χ3n) is 2.71. The van der Waals surface area contributed by atoms with E-state index in [-0.39, 0.29) is 16.0 Å². The average molecular weight is 311 g/mol. The number of alkyl halides is 2. The first kappa shape index (κ1) is 14.4. The van der Waals surface area contributed by atoms with Crippen molar-refractivity contribution in [2.45, 2.75) is 39.0 Å². The van der Waals surface area contributed by atoms with Crippen LogP contribution in [-0.4, -0.2) is 11.5 Å². The highest BCUT2D eigenvalue weighted by molar-refractivity contribution is 9.10. The van der Waals surface area contributed by atoms with Crippen LogP contribution in [0, 0.1) is 5.82 Å². The van der Waals surface area contributed by atoms with Gasteiger partial charge in [0, 0.05) is 21.5 Å². The van der Waals surface area contributed by atoms with Crippen LogP contribution in [-0.2, 0) is 0 Å². The number of halogens is 4. The van der Waals surface area contributed by atoms with Crippen LogP contribution in [0.5, 0.6) is 5.75 Å². The highest BCUT2D eigenvalue weighted by Gasteiger charge is 2.27. The molecule has 0 aliphatic heterocycles. The minimum absolute atomic E-state index is 0.0864. The summed E-state index contributed by atoms with van der Waals surface area (Å²) < 4.78 is 39.3. The molecule has 1 unspecified atom stereocenters. The van der Waals surface area contributed by atoms with Crippen LogP contribution < -0.4 is 0 Å². The van der Waals surface area contributed by atoms with Gasteiger partial charge in [-0.25, -0.2) is 13.2 Å². The third-order valence-corrected chi connectivity index (χ3v) is 3.37. The first-order valence-corrected chi connectivity index (χ1v) is 6.05. The van der Waals surface area contributed by atoms with Crippen LogP contribution in [0.2, 0.25) is 0 Å². The quantitative estimate of drug-likeness (QED) is 0.851. The molecule has 96 valence electrons. The maximum atomic E-state index is 13.9. The Morgan fingerprint density at radius 1 is 1.24 bits per heavy atom. The molecule has 0 aliphatic carbocycles. The van der Waals surface area contributed by atoms with Crippen molar-refractivity contribution < 1.29 is 18.3 Å². The molecule has 0 fully saturated rings. The highest BCUT2D eigenvalue weighted by atomic mass is 79.9. The van der Waals surface area contributed by atoms with Crippen LogP contribution >= 0.6 is 15.9 Å². The molecule has 1 N–H and O–H groups in total. The van der Waals surface area contributed by atoms with Crippen molar-refractivity contribution >= 4 is 15.9 Å². The number of phenols is 1. The van der Waals surface area contributed by atoms with E-state index < -0.39 is 23.9 Å². The third kappa shape index (κ3) is 2.76. The van der Waals surface area contributed by atoms with E-state index in [4.69, 9.17) is 0 Å². The van der Waals surface area contributed by atoms with Gasteiger partial charge >= 0.3 is 0 Å². The number of rotatable bonds is 3. The molecule has 0 saturated carbocycles. The lowest BCUT2D eigenvalue weighted by Gasteiger charge is -2.18. The predicted molar refractivity (Wildman–Crippen MR) is 64.3 cm³/mol. The van der Waals surface area contributed by atoms with Crippen molar-refractivity contribution in [3.63, 3.8) is 0 Å². The highest BCUT2D eigenvalue weighted by Crippen LogP contribution is 2.39. The number of aromatic hydroxyl groups is 1. The minimum atomic E-state index is -2.68. The van der Waals surface area contributed by atoms with Gasteiger partial charge in [0.25, 0.3) is 0 Å². The van der Waals surface area contributed by atoms with Crippen molar-refractivity contribution in [2.24, 2.45) is 0 Å². The molecule has 1 nitrogen and oxygen atoms in total. The molecule has 0 bridgehead atoms. The summed E-state index contributed by atoms with van der Waals surface area (Å²) in [7, 11) is 0. The van der Waals surface area contributed by atoms with Crippen LogP contribution in [0.25, 0.3) is 0 Å². The average Bonchev–Trinajstić information content (AvgIpc) is 2.22. The number of benzene rings is 1. The molecule has 17 heavy (non-hydrogen) atoms. The van der Waals surface area contributed by atoms with E-state index in [2.05, 4.69) is 15.9 Å². The Labute approximate surface area is 107 Å². The molecule has 0 heterocycles. The summed E-state index contributed by atoms with van der Waals surface area (Å²) in [4.78, 5) is 0. The van der Waals surface area contributed by atoms with Crippen molar-refractivity contribution in [3.8, 4) is 5.75 Å². The van der Waals surface area contributed by atoms with Crippen molar-refractivity contribution in [3.05, 3.63) is 27.5 Å². The Bertz CT molecular complexity index is 419. The standard InChI is InChI=1S/C12H14BrF3O/c1-5(2)7-4-8(13)9(6(3)12(15)16)10(14)11(7)17/h4-6,12,17H,1-3H3. The zero-order valence-corrected chi connectivity index (χ0v) is 11.4. The number of hydrogen-bond donors (Lipinski definition) is 1. The van der Waals surface area contributed by atoms with E-state index in [1.807, 2.05) is 0 Å². The fourth-order valence-electron chi connectivity index (χ4n) is 1.63. The second kappa shape index (κ2) is 5.29. The first-order valence-electron chi connectivity index (χ1n) is 5.26. The smallest absolute Gasteiger partial charge is 0.245 e. The van der Waals surface area contributed by atoms with Crippen LogP contribution in [0.4, 0.5) is 13.2 Å². The monoisotopic (exact) mass is 310 g/mol. The Balaban J connectivity index is 3.40. The van der Waals surface area contributed by atoms with Crippen LogP contribution in [0.15, 0.2) is 10.5 Å². The summed E-state index contributed by atoms with van der Waals surface area (Å²) in [5.41, 5.74) is 0.224. The zero-order chi connectivity index (χ0) is 13.3. The molecule has 0 aliphatic rings. The van der Waals surface area contributed by atoms with Crippen molar-refractivity contribution in [1.29, 1.82) is 0 Å². The number of hydrogen-bond acceptors (Lipinski definition) is 1. The minimum Gasteiger partial charge on any atom is -0.505 e. The van der Waals surface area contributed by atoms with Gasteiger partial charge in [0.15, 0.2) is 11.6 Å². The molecule has 0 spiro atoms. The summed E-state index contributed by atoms with van der Waals surface area (Å²) in [6.07, 6.45) is -2.68. The van der Waals surface area contributed by atoms with Gasteiger partial charge in [0.05, 0.1) is 0 Å². The molecular weight excluding hydrogens is 297 g/mol. The molecule has 0 aromatic heterocycles. The van der Waals surface area contributed by atoms with E-state index in [1.165, 1.54) is 13.0 Å². The molecular formula is C12H14BrF3O. The van der Waals surface area contributed by atoms with E-state index in [1.54, 1.807) is 13.8 Å². The molecule has 1 atom stereocenters. The summed E-state index contributed by atoms with van der Waals surface area (Å²) in [5.74, 6) is -2.85. The maximum Gasteiger partial charge on any atom is 0.245 e. The van der Waals surface area contributed by atoms with Gasteiger partial charge in [-0.05, 0) is 12.0 Å². The Morgan fingerprint density at radius 2 is 1.76 bits per heavy atom. The lowest BCUT2D eigenvalue weighted by molar-refractivity contribution is 0.119. The Morgan fingerprint density at radius 3 is 2.18 bits per heavy atom. The summed E-state index contributed by atoms with van der Waals surface area (Å²) in [5, 5.41) is 9.66. The van der Waals surface area contributed by atoms with Crippen molar-refractivity contribution in [2.75, 3.05) is 0 Å². The largest absolute Gasteiger partial charge is 0.505 e. The van der Waals surface area contributed by atoms with Gasteiger partial charge < -0.3 is 5.11 Å². The van der Waals surface area contributed by atoms with Crippen molar-refractivity contribution in [1.82, 2.24) is 0 Å². The van der Waals surface area contributed by atoms with Gasteiger partial charge in [-0.15, -0.1) is 0 Å². The van der Waals surface area contributed by atoms with Gasteiger partial charge in [-0.2, -0.15) is 0 Å². The summed E-state index contributed by atoms with van der Waals surface area (Å²) in [6, 6.07) is 1.50. The molecule has 0 radical (unpaired) electrons. The SMILES string of the molecule is CC(C)c1cc(Br)c(C(C)C(F)F)c(F)c1O. The molecule has 1 aromatic rings. The topological polar surface area (TPSA) is 20.2 Å². The number of phenolic OH excluding ortho intramolecular Hbond substituents is 1. The lowest BCUT2D eigenvalue weighted by atomic mass is 9.94. The summed E-state index contributed by atoms with van der Waals surface area (Å²) >= 11 is 3.08. The molecule has 0 amide bonds. The fraction of sp³-hybridized carbons (Fsp3) is 0.500. The van der Waals surface area contributed by atoms with Crippen LogP contribution in [0.1, 0.15) is 43.7 Å². The zero-order valence-electron chi connectivity index (χ0n) is 9.77. The normalized spacial score (nSPS) is 13.5. The fourth-order valence-corrected chi connectivity index (χ4v) is 2.41.